The van der Waals surface area contributed by atoms with Gasteiger partial charge in [0.1, 0.15) is 0 Å². The third-order valence-electron chi connectivity index (χ3n) is 5.86. The summed E-state index contributed by atoms with van der Waals surface area (Å²) in [4.78, 5) is 29.3. The Morgan fingerprint density at radius 3 is 2.41 bits per heavy atom. The molecule has 1 fully saturated rings. The van der Waals surface area contributed by atoms with Crippen molar-refractivity contribution in [3.8, 4) is 0 Å². The number of carbonyl (C=O) groups excluding carboxylic acids is 2. The van der Waals surface area contributed by atoms with Crippen molar-refractivity contribution in [1.82, 2.24) is 14.4 Å². The van der Waals surface area contributed by atoms with E-state index in [1.807, 2.05) is 11.0 Å². The van der Waals surface area contributed by atoms with Crippen LogP contribution in [-0.2, 0) is 16.1 Å². The highest BCUT2D eigenvalue weighted by Gasteiger charge is 2.25. The monoisotopic (exact) mass is 451 g/mol. The van der Waals surface area contributed by atoms with Crippen molar-refractivity contribution in [2.24, 2.45) is 0 Å². The van der Waals surface area contributed by atoms with Crippen LogP contribution in [0.5, 0.6) is 0 Å². The quantitative estimate of drug-likeness (QED) is 0.522. The maximum atomic E-state index is 12.8. The number of rotatable bonds is 6. The molecule has 6 nitrogen and oxygen atoms in total. The van der Waals surface area contributed by atoms with Crippen LogP contribution in [0, 0.1) is 6.92 Å². The van der Waals surface area contributed by atoms with Crippen molar-refractivity contribution in [2.75, 3.05) is 38.5 Å². The number of para-hydroxylation sites is 1. The van der Waals surface area contributed by atoms with E-state index in [-0.39, 0.29) is 12.0 Å². The number of amides is 2. The average Bonchev–Trinajstić information content (AvgIpc) is 3.17. The normalized spacial score (nSPS) is 14.1. The molecular weight excluding hydrogens is 422 g/mol. The molecule has 0 N–H and O–H groups in total. The number of fused-ring (bicyclic) bond motifs is 1. The molecule has 2 heterocycles. The standard InChI is InChI=1S/C25H29N3O3S/c1-3-31-25(30)27-14-12-26(13-15-27)24(29)18-32-23-17-28(22-11-7-6-10-21(22)23)16-20-9-5-4-8-19(20)2/h4-11,17H,3,12-16,18H2,1-2H3. The van der Waals surface area contributed by atoms with E-state index in [1.54, 1.807) is 23.6 Å². The van der Waals surface area contributed by atoms with Crippen molar-refractivity contribution in [3.05, 3.63) is 65.9 Å². The Balaban J connectivity index is 1.41. The maximum absolute atomic E-state index is 12.8. The number of aryl methyl sites for hydroxylation is 1. The van der Waals surface area contributed by atoms with Crippen molar-refractivity contribution in [2.45, 2.75) is 25.3 Å². The zero-order valence-corrected chi connectivity index (χ0v) is 19.4. The molecule has 0 bridgehead atoms. The van der Waals surface area contributed by atoms with Gasteiger partial charge >= 0.3 is 6.09 Å². The van der Waals surface area contributed by atoms with Gasteiger partial charge in [-0.25, -0.2) is 4.79 Å². The highest BCUT2D eigenvalue weighted by molar-refractivity contribution is 8.00. The highest BCUT2D eigenvalue weighted by Crippen LogP contribution is 2.31. The van der Waals surface area contributed by atoms with Crippen LogP contribution in [0.4, 0.5) is 4.79 Å². The van der Waals surface area contributed by atoms with Gasteiger partial charge in [-0.15, -0.1) is 11.8 Å². The molecule has 0 unspecified atom stereocenters. The predicted molar refractivity (Wildman–Crippen MR) is 128 cm³/mol. The van der Waals surface area contributed by atoms with Gasteiger partial charge < -0.3 is 19.1 Å². The summed E-state index contributed by atoms with van der Waals surface area (Å²) in [6.45, 7) is 7.24. The SMILES string of the molecule is CCOC(=O)N1CCN(C(=O)CSc2cn(Cc3ccccc3C)c3ccccc23)CC1. The summed E-state index contributed by atoms with van der Waals surface area (Å²) in [6.07, 6.45) is 1.86. The number of ether oxygens (including phenoxy) is 1. The van der Waals surface area contributed by atoms with Crippen LogP contribution in [0.3, 0.4) is 0 Å². The largest absolute Gasteiger partial charge is 0.450 e. The smallest absolute Gasteiger partial charge is 0.409 e. The highest BCUT2D eigenvalue weighted by atomic mass is 32.2. The lowest BCUT2D eigenvalue weighted by Crippen LogP contribution is -2.51. The zero-order valence-electron chi connectivity index (χ0n) is 18.6. The molecule has 0 spiro atoms. The van der Waals surface area contributed by atoms with E-state index in [4.69, 9.17) is 4.74 Å². The Labute approximate surface area is 193 Å². The molecular formula is C25H29N3O3S. The van der Waals surface area contributed by atoms with Gasteiger partial charge in [0.05, 0.1) is 12.4 Å². The molecule has 0 saturated carbocycles. The number of aromatic nitrogens is 1. The molecule has 3 aromatic rings. The van der Waals surface area contributed by atoms with Crippen molar-refractivity contribution >= 4 is 34.7 Å². The van der Waals surface area contributed by atoms with E-state index in [0.29, 0.717) is 38.5 Å². The zero-order chi connectivity index (χ0) is 22.5. The molecule has 4 rings (SSSR count). The fourth-order valence-electron chi connectivity index (χ4n) is 4.01. The summed E-state index contributed by atoms with van der Waals surface area (Å²) in [5, 5.41) is 1.17. The van der Waals surface area contributed by atoms with Gasteiger partial charge in [-0.05, 0) is 31.0 Å². The molecule has 2 amide bonds. The number of hydrogen-bond donors (Lipinski definition) is 0. The first kappa shape index (κ1) is 22.3. The van der Waals surface area contributed by atoms with Gasteiger partial charge in [0.25, 0.3) is 0 Å². The van der Waals surface area contributed by atoms with Gasteiger partial charge in [0.15, 0.2) is 0 Å². The third kappa shape index (κ3) is 4.93. The van der Waals surface area contributed by atoms with Crippen LogP contribution in [0.1, 0.15) is 18.1 Å². The van der Waals surface area contributed by atoms with E-state index in [1.165, 1.54) is 22.0 Å². The Kier molecular flexibility index (Phi) is 7.05. The molecule has 32 heavy (non-hydrogen) atoms. The van der Waals surface area contributed by atoms with Gasteiger partial charge in [-0.3, -0.25) is 4.79 Å². The molecule has 1 aliphatic heterocycles. The van der Waals surface area contributed by atoms with E-state index < -0.39 is 0 Å². The van der Waals surface area contributed by atoms with E-state index in [0.717, 1.165) is 11.4 Å². The number of benzene rings is 2. The lowest BCUT2D eigenvalue weighted by atomic mass is 10.1. The Morgan fingerprint density at radius 2 is 1.66 bits per heavy atom. The molecule has 0 atom stereocenters. The first-order chi connectivity index (χ1) is 15.6. The molecule has 1 saturated heterocycles. The first-order valence-electron chi connectivity index (χ1n) is 11.0. The number of piperazine rings is 1. The van der Waals surface area contributed by atoms with Gasteiger partial charge in [0.2, 0.25) is 5.91 Å². The summed E-state index contributed by atoms with van der Waals surface area (Å²) in [6, 6.07) is 16.8. The molecule has 0 aliphatic carbocycles. The fraction of sp³-hybridized carbons (Fsp3) is 0.360. The Bertz CT molecular complexity index is 1100. The summed E-state index contributed by atoms with van der Waals surface area (Å²) in [5.74, 6) is 0.492. The molecule has 1 aromatic heterocycles. The van der Waals surface area contributed by atoms with Crippen LogP contribution in [0.2, 0.25) is 0 Å². The minimum Gasteiger partial charge on any atom is -0.450 e. The van der Waals surface area contributed by atoms with Gasteiger partial charge in [-0.2, -0.15) is 0 Å². The topological polar surface area (TPSA) is 54.8 Å². The first-order valence-corrected chi connectivity index (χ1v) is 12.0. The average molecular weight is 452 g/mol. The molecule has 7 heteroatoms. The minimum atomic E-state index is -0.296. The number of thioether (sulfide) groups is 1. The van der Waals surface area contributed by atoms with Gasteiger partial charge in [0, 0.05) is 54.7 Å². The number of hydrogen-bond acceptors (Lipinski definition) is 4. The van der Waals surface area contributed by atoms with Crippen molar-refractivity contribution < 1.29 is 14.3 Å². The Morgan fingerprint density at radius 1 is 0.969 bits per heavy atom. The summed E-state index contributed by atoms with van der Waals surface area (Å²) < 4.78 is 7.32. The van der Waals surface area contributed by atoms with E-state index in [2.05, 4.69) is 60.2 Å². The van der Waals surface area contributed by atoms with Crippen LogP contribution in [0.15, 0.2) is 59.6 Å². The number of nitrogens with zero attached hydrogens (tertiary/aromatic N) is 3. The fourth-order valence-corrected chi connectivity index (χ4v) is 5.01. The predicted octanol–water partition coefficient (Wildman–Crippen LogP) is 4.39. The lowest BCUT2D eigenvalue weighted by molar-refractivity contribution is -0.129. The van der Waals surface area contributed by atoms with Crippen LogP contribution in [0.25, 0.3) is 10.9 Å². The Hall–Kier alpha value is -2.93. The summed E-state index contributed by atoms with van der Waals surface area (Å²) in [5.41, 5.74) is 3.74. The minimum absolute atomic E-state index is 0.106. The second-order valence-electron chi connectivity index (χ2n) is 7.92. The second kappa shape index (κ2) is 10.1. The van der Waals surface area contributed by atoms with Gasteiger partial charge in [-0.1, -0.05) is 42.5 Å². The van der Waals surface area contributed by atoms with E-state index in [9.17, 15) is 9.59 Å². The lowest BCUT2D eigenvalue weighted by Gasteiger charge is -2.34. The van der Waals surface area contributed by atoms with Crippen LogP contribution < -0.4 is 0 Å². The molecule has 2 aromatic carbocycles. The molecule has 168 valence electrons. The summed E-state index contributed by atoms with van der Waals surface area (Å²) in [7, 11) is 0. The summed E-state index contributed by atoms with van der Waals surface area (Å²) >= 11 is 1.59. The molecule has 0 radical (unpaired) electrons. The number of carbonyl (C=O) groups is 2. The van der Waals surface area contributed by atoms with E-state index >= 15 is 0 Å². The third-order valence-corrected chi connectivity index (χ3v) is 6.89. The van der Waals surface area contributed by atoms with Crippen LogP contribution in [-0.4, -0.2) is 64.9 Å². The van der Waals surface area contributed by atoms with Crippen LogP contribution >= 0.6 is 11.8 Å². The molecule has 1 aliphatic rings. The van der Waals surface area contributed by atoms with Crippen molar-refractivity contribution in [1.29, 1.82) is 0 Å². The second-order valence-corrected chi connectivity index (χ2v) is 8.94. The van der Waals surface area contributed by atoms with Crippen molar-refractivity contribution in [3.63, 3.8) is 0 Å². The maximum Gasteiger partial charge on any atom is 0.409 e.